The van der Waals surface area contributed by atoms with E-state index >= 15 is 0 Å². The summed E-state index contributed by atoms with van der Waals surface area (Å²) in [6.07, 6.45) is 0.864. The fraction of sp³-hybridized carbons (Fsp3) is 1.00. The van der Waals surface area contributed by atoms with E-state index < -0.39 is 10.2 Å². The molecule has 0 aromatic rings. The zero-order valence-corrected chi connectivity index (χ0v) is 9.52. The Morgan fingerprint density at radius 2 is 2.21 bits per heavy atom. The molecule has 1 heterocycles. The zero-order chi connectivity index (χ0) is 10.6. The maximum Gasteiger partial charge on any atom is 0.277 e. The first-order valence-corrected chi connectivity index (χ1v) is 6.45. The van der Waals surface area contributed by atoms with Gasteiger partial charge in [-0.15, -0.1) is 0 Å². The molecule has 1 atom stereocenters. The smallest absolute Gasteiger partial charge is 0.277 e. The Morgan fingerprint density at radius 1 is 1.50 bits per heavy atom. The predicted molar refractivity (Wildman–Crippen MR) is 56.2 cm³/mol. The van der Waals surface area contributed by atoms with E-state index in [-0.39, 0.29) is 6.04 Å². The van der Waals surface area contributed by atoms with Gasteiger partial charge in [-0.3, -0.25) is 0 Å². The van der Waals surface area contributed by atoms with Gasteiger partial charge in [0.2, 0.25) is 0 Å². The minimum atomic E-state index is -3.30. The summed E-state index contributed by atoms with van der Waals surface area (Å²) in [5.41, 5.74) is 0. The molecular formula is C8H19N3O2S. The van der Waals surface area contributed by atoms with Crippen LogP contribution >= 0.6 is 0 Å². The van der Waals surface area contributed by atoms with Crippen LogP contribution in [0.4, 0.5) is 0 Å². The SMILES string of the molecule is CC(C)CNS(=O)(=O)N[C@H]1CCNC1. The van der Waals surface area contributed by atoms with Crippen LogP contribution in [-0.4, -0.2) is 34.1 Å². The second-order valence-electron chi connectivity index (χ2n) is 4.05. The van der Waals surface area contributed by atoms with E-state index in [2.05, 4.69) is 14.8 Å². The lowest BCUT2D eigenvalue weighted by Crippen LogP contribution is -2.44. The quantitative estimate of drug-likeness (QED) is 0.582. The largest absolute Gasteiger partial charge is 0.315 e. The molecule has 0 amide bonds. The van der Waals surface area contributed by atoms with Gasteiger partial charge in [0.25, 0.3) is 10.2 Å². The van der Waals surface area contributed by atoms with Crippen molar-refractivity contribution in [1.82, 2.24) is 14.8 Å². The number of hydrogen-bond acceptors (Lipinski definition) is 3. The Labute approximate surface area is 85.8 Å². The zero-order valence-electron chi connectivity index (χ0n) is 8.71. The molecule has 1 rings (SSSR count). The fourth-order valence-electron chi connectivity index (χ4n) is 1.29. The van der Waals surface area contributed by atoms with Gasteiger partial charge in [0.15, 0.2) is 0 Å². The molecule has 6 heteroatoms. The number of nitrogens with one attached hydrogen (secondary N) is 3. The minimum Gasteiger partial charge on any atom is -0.315 e. The van der Waals surface area contributed by atoms with Crippen LogP contribution in [0.15, 0.2) is 0 Å². The second kappa shape index (κ2) is 5.06. The summed E-state index contributed by atoms with van der Waals surface area (Å²) in [5.74, 6) is 0.327. The van der Waals surface area contributed by atoms with Crippen LogP contribution in [0, 0.1) is 5.92 Å². The molecule has 0 radical (unpaired) electrons. The standard InChI is InChI=1S/C8H19N3O2S/c1-7(2)5-10-14(12,13)11-8-3-4-9-6-8/h7-11H,3-6H2,1-2H3/t8-/m0/s1. The molecule has 0 bridgehead atoms. The minimum absolute atomic E-state index is 0.0414. The van der Waals surface area contributed by atoms with Crippen LogP contribution in [0.5, 0.6) is 0 Å². The molecular weight excluding hydrogens is 202 g/mol. The van der Waals surface area contributed by atoms with Gasteiger partial charge >= 0.3 is 0 Å². The van der Waals surface area contributed by atoms with Gasteiger partial charge in [-0.1, -0.05) is 13.8 Å². The summed E-state index contributed by atoms with van der Waals surface area (Å²) in [4.78, 5) is 0. The van der Waals surface area contributed by atoms with Crippen LogP contribution in [0.3, 0.4) is 0 Å². The first-order chi connectivity index (χ1) is 6.49. The fourth-order valence-corrected chi connectivity index (χ4v) is 2.57. The van der Waals surface area contributed by atoms with Crippen LogP contribution in [0.25, 0.3) is 0 Å². The molecule has 0 spiro atoms. The van der Waals surface area contributed by atoms with E-state index in [4.69, 9.17) is 0 Å². The number of hydrogen-bond donors (Lipinski definition) is 3. The van der Waals surface area contributed by atoms with Crippen molar-refractivity contribution in [2.24, 2.45) is 5.92 Å². The van der Waals surface area contributed by atoms with Crippen LogP contribution in [0.1, 0.15) is 20.3 Å². The lowest BCUT2D eigenvalue weighted by atomic mass is 10.2. The number of rotatable bonds is 5. The third kappa shape index (κ3) is 4.36. The van der Waals surface area contributed by atoms with E-state index in [1.165, 1.54) is 0 Å². The molecule has 1 aliphatic rings. The van der Waals surface area contributed by atoms with Gasteiger partial charge in [0, 0.05) is 19.1 Å². The van der Waals surface area contributed by atoms with Crippen LogP contribution < -0.4 is 14.8 Å². The van der Waals surface area contributed by atoms with Gasteiger partial charge in [0.05, 0.1) is 0 Å². The summed E-state index contributed by atoms with van der Waals surface area (Å²) in [5, 5.41) is 3.11. The highest BCUT2D eigenvalue weighted by atomic mass is 32.2. The maximum absolute atomic E-state index is 11.4. The van der Waals surface area contributed by atoms with Crippen molar-refractivity contribution in [2.45, 2.75) is 26.3 Å². The van der Waals surface area contributed by atoms with Crippen molar-refractivity contribution >= 4 is 10.2 Å². The second-order valence-corrected chi connectivity index (χ2v) is 5.58. The van der Waals surface area contributed by atoms with Crippen molar-refractivity contribution in [3.63, 3.8) is 0 Å². The lowest BCUT2D eigenvalue weighted by molar-refractivity contribution is 0.531. The van der Waals surface area contributed by atoms with Crippen molar-refractivity contribution in [3.8, 4) is 0 Å². The topological polar surface area (TPSA) is 70.2 Å². The highest BCUT2D eigenvalue weighted by molar-refractivity contribution is 7.87. The third-order valence-electron chi connectivity index (χ3n) is 2.06. The average Bonchev–Trinajstić information content (AvgIpc) is 2.53. The molecule has 14 heavy (non-hydrogen) atoms. The highest BCUT2D eigenvalue weighted by Gasteiger charge is 2.20. The van der Waals surface area contributed by atoms with Gasteiger partial charge < -0.3 is 5.32 Å². The Bertz CT molecular complexity index is 258. The average molecular weight is 221 g/mol. The normalized spacial score (nSPS) is 23.2. The molecule has 0 unspecified atom stereocenters. The summed E-state index contributed by atoms with van der Waals surface area (Å²) in [6.45, 7) is 6.04. The molecule has 0 aliphatic carbocycles. The first-order valence-electron chi connectivity index (χ1n) is 4.97. The van der Waals surface area contributed by atoms with E-state index in [0.717, 1.165) is 19.5 Å². The Kier molecular flexibility index (Phi) is 4.31. The summed E-state index contributed by atoms with van der Waals surface area (Å²) < 4.78 is 28.0. The Morgan fingerprint density at radius 3 is 2.71 bits per heavy atom. The molecule has 3 N–H and O–H groups in total. The molecule has 84 valence electrons. The molecule has 5 nitrogen and oxygen atoms in total. The lowest BCUT2D eigenvalue weighted by Gasteiger charge is -2.13. The van der Waals surface area contributed by atoms with Crippen molar-refractivity contribution < 1.29 is 8.42 Å². The van der Waals surface area contributed by atoms with Crippen LogP contribution in [-0.2, 0) is 10.2 Å². The third-order valence-corrected chi connectivity index (χ3v) is 3.25. The van der Waals surface area contributed by atoms with Crippen molar-refractivity contribution in [2.75, 3.05) is 19.6 Å². The highest BCUT2D eigenvalue weighted by Crippen LogP contribution is 1.98. The maximum atomic E-state index is 11.4. The van der Waals surface area contributed by atoms with Crippen molar-refractivity contribution in [1.29, 1.82) is 0 Å². The van der Waals surface area contributed by atoms with Gasteiger partial charge in [-0.25, -0.2) is 4.72 Å². The first kappa shape index (κ1) is 11.9. The predicted octanol–water partition coefficient (Wildman–Crippen LogP) is -0.572. The van der Waals surface area contributed by atoms with E-state index in [9.17, 15) is 8.42 Å². The molecule has 1 fully saturated rings. The Balaban J connectivity index is 2.33. The summed E-state index contributed by atoms with van der Waals surface area (Å²) in [6, 6.07) is 0.0414. The summed E-state index contributed by atoms with van der Waals surface area (Å²) in [7, 11) is -3.30. The van der Waals surface area contributed by atoms with E-state index in [0.29, 0.717) is 12.5 Å². The van der Waals surface area contributed by atoms with Crippen LogP contribution in [0.2, 0.25) is 0 Å². The Hall–Kier alpha value is -0.170. The van der Waals surface area contributed by atoms with E-state index in [1.54, 1.807) is 0 Å². The van der Waals surface area contributed by atoms with Gasteiger partial charge in [0.1, 0.15) is 0 Å². The van der Waals surface area contributed by atoms with Gasteiger partial charge in [-0.2, -0.15) is 13.1 Å². The van der Waals surface area contributed by atoms with Crippen molar-refractivity contribution in [3.05, 3.63) is 0 Å². The molecule has 1 aliphatic heterocycles. The molecule has 0 saturated carbocycles. The van der Waals surface area contributed by atoms with E-state index in [1.807, 2.05) is 13.8 Å². The molecule has 0 aromatic carbocycles. The molecule has 0 aromatic heterocycles. The van der Waals surface area contributed by atoms with Gasteiger partial charge in [-0.05, 0) is 18.9 Å². The summed E-state index contributed by atoms with van der Waals surface area (Å²) >= 11 is 0. The molecule has 1 saturated heterocycles. The monoisotopic (exact) mass is 221 g/mol.